The van der Waals surface area contributed by atoms with Crippen LogP contribution in [0.1, 0.15) is 27.2 Å². The van der Waals surface area contributed by atoms with Gasteiger partial charge in [0.15, 0.2) is 0 Å². The number of ether oxygens (including phenoxy) is 1. The molecule has 0 N–H and O–H groups in total. The molecule has 0 spiro atoms. The Bertz CT molecular complexity index is 266. The Labute approximate surface area is 97.5 Å². The van der Waals surface area contributed by atoms with E-state index in [1.807, 2.05) is 26.8 Å². The lowest BCUT2D eigenvalue weighted by atomic mass is 10.1. The Morgan fingerprint density at radius 3 is 2.50 bits per heavy atom. The Balaban J connectivity index is 0.00000106. The van der Waals surface area contributed by atoms with Crippen LogP contribution in [0, 0.1) is 17.8 Å². The van der Waals surface area contributed by atoms with Gasteiger partial charge in [-0.2, -0.15) is 0 Å². The van der Waals surface area contributed by atoms with Crippen molar-refractivity contribution in [2.24, 2.45) is 5.92 Å². The first-order valence-corrected chi connectivity index (χ1v) is 5.28. The third-order valence-corrected chi connectivity index (χ3v) is 2.21. The average molecular weight is 224 g/mol. The normalized spacial score (nSPS) is 19.6. The molecule has 1 heterocycles. The van der Waals surface area contributed by atoms with Crippen LogP contribution < -0.4 is 0 Å². The predicted molar refractivity (Wildman–Crippen MR) is 62.8 cm³/mol. The van der Waals surface area contributed by atoms with Crippen molar-refractivity contribution in [1.29, 1.82) is 5.26 Å². The summed E-state index contributed by atoms with van der Waals surface area (Å²) >= 11 is 0. The molecule has 0 saturated carbocycles. The number of amides is 1. The van der Waals surface area contributed by atoms with Gasteiger partial charge in [-0.15, -0.1) is 6.58 Å². The lowest BCUT2D eigenvalue weighted by Gasteiger charge is -2.24. The highest BCUT2D eigenvalue weighted by atomic mass is 16.6. The molecule has 1 rings (SSSR count). The Hall–Kier alpha value is -1.50. The van der Waals surface area contributed by atoms with E-state index in [0.717, 1.165) is 19.5 Å². The fourth-order valence-corrected chi connectivity index (χ4v) is 1.47. The minimum atomic E-state index is -0.399. The van der Waals surface area contributed by atoms with Gasteiger partial charge in [-0.1, -0.05) is 6.08 Å². The maximum atomic E-state index is 11.6. The number of carbonyl (C=O) groups is 1. The lowest BCUT2D eigenvalue weighted by Crippen LogP contribution is -2.35. The van der Waals surface area contributed by atoms with Crippen molar-refractivity contribution < 1.29 is 9.53 Å². The van der Waals surface area contributed by atoms with Crippen molar-refractivity contribution in [2.75, 3.05) is 13.1 Å². The van der Waals surface area contributed by atoms with Crippen LogP contribution in [-0.4, -0.2) is 29.7 Å². The Morgan fingerprint density at radius 1 is 1.56 bits per heavy atom. The summed E-state index contributed by atoms with van der Waals surface area (Å²) in [7, 11) is 0. The SMILES string of the molecule is C#N.C=CC1CCN(C(=O)OC(C)(C)C)C1. The lowest BCUT2D eigenvalue weighted by molar-refractivity contribution is 0.0291. The highest BCUT2D eigenvalue weighted by Crippen LogP contribution is 2.19. The molecule has 1 aliphatic rings. The van der Waals surface area contributed by atoms with Gasteiger partial charge in [0.2, 0.25) is 0 Å². The monoisotopic (exact) mass is 224 g/mol. The Morgan fingerprint density at radius 2 is 2.12 bits per heavy atom. The predicted octanol–water partition coefficient (Wildman–Crippen LogP) is 2.57. The van der Waals surface area contributed by atoms with E-state index >= 15 is 0 Å². The summed E-state index contributed by atoms with van der Waals surface area (Å²) in [5.74, 6) is 0.433. The number of likely N-dealkylation sites (tertiary alicyclic amines) is 1. The molecule has 90 valence electrons. The smallest absolute Gasteiger partial charge is 0.410 e. The summed E-state index contributed by atoms with van der Waals surface area (Å²) in [4.78, 5) is 13.3. The van der Waals surface area contributed by atoms with Crippen molar-refractivity contribution in [2.45, 2.75) is 32.8 Å². The molecule has 16 heavy (non-hydrogen) atoms. The van der Waals surface area contributed by atoms with Gasteiger partial charge >= 0.3 is 6.09 Å². The Kier molecular flexibility index (Phi) is 5.59. The highest BCUT2D eigenvalue weighted by Gasteiger charge is 2.28. The summed E-state index contributed by atoms with van der Waals surface area (Å²) in [6.07, 6.45) is 2.70. The molecule has 0 aromatic carbocycles. The zero-order valence-corrected chi connectivity index (χ0v) is 10.3. The van der Waals surface area contributed by atoms with E-state index in [2.05, 4.69) is 13.2 Å². The van der Waals surface area contributed by atoms with Crippen molar-refractivity contribution >= 4 is 6.09 Å². The minimum absolute atomic E-state index is 0.207. The van der Waals surface area contributed by atoms with E-state index < -0.39 is 5.60 Å². The van der Waals surface area contributed by atoms with E-state index in [4.69, 9.17) is 10.00 Å². The van der Waals surface area contributed by atoms with Gasteiger partial charge in [-0.25, -0.2) is 10.1 Å². The maximum absolute atomic E-state index is 11.6. The second-order valence-corrected chi connectivity index (χ2v) is 4.71. The summed E-state index contributed by atoms with van der Waals surface area (Å²) in [6.45, 7) is 14.4. The van der Waals surface area contributed by atoms with Crippen molar-refractivity contribution in [3.8, 4) is 6.57 Å². The molecule has 0 bridgehead atoms. The summed E-state index contributed by atoms with van der Waals surface area (Å²) < 4.78 is 5.27. The fourth-order valence-electron chi connectivity index (χ4n) is 1.47. The first-order chi connectivity index (χ1) is 7.42. The molecule has 1 atom stereocenters. The molecule has 0 aromatic heterocycles. The van der Waals surface area contributed by atoms with Crippen molar-refractivity contribution in [3.05, 3.63) is 12.7 Å². The van der Waals surface area contributed by atoms with E-state index in [-0.39, 0.29) is 6.09 Å². The van der Waals surface area contributed by atoms with Crippen molar-refractivity contribution in [3.63, 3.8) is 0 Å². The van der Waals surface area contributed by atoms with E-state index in [1.165, 1.54) is 0 Å². The van der Waals surface area contributed by atoms with Gasteiger partial charge < -0.3 is 9.64 Å². The molecule has 1 unspecified atom stereocenters. The van der Waals surface area contributed by atoms with E-state index in [0.29, 0.717) is 5.92 Å². The third-order valence-electron chi connectivity index (χ3n) is 2.21. The number of hydrogen-bond donors (Lipinski definition) is 0. The topological polar surface area (TPSA) is 53.3 Å². The van der Waals surface area contributed by atoms with Gasteiger partial charge in [0.05, 0.1) is 0 Å². The summed E-state index contributed by atoms with van der Waals surface area (Å²) in [6, 6.07) is 0. The standard InChI is InChI=1S/C11H19NO2.CHN/c1-5-9-6-7-12(8-9)10(13)14-11(2,3)4;1-2/h5,9H,1,6-8H2,2-4H3;1H. The molecule has 4 heteroatoms. The molecule has 0 aromatic rings. The van der Waals surface area contributed by atoms with Crippen LogP contribution in [0.5, 0.6) is 0 Å². The summed E-state index contributed by atoms with van der Waals surface area (Å²) in [5, 5.41) is 6.50. The minimum Gasteiger partial charge on any atom is -0.444 e. The van der Waals surface area contributed by atoms with Gasteiger partial charge in [0, 0.05) is 19.7 Å². The molecular formula is C12H20N2O2. The van der Waals surface area contributed by atoms with Crippen molar-refractivity contribution in [1.82, 2.24) is 4.90 Å². The van der Waals surface area contributed by atoms with Crippen LogP contribution in [-0.2, 0) is 4.74 Å². The van der Waals surface area contributed by atoms with Crippen LogP contribution >= 0.6 is 0 Å². The average Bonchev–Trinajstić information content (AvgIpc) is 2.66. The van der Waals surface area contributed by atoms with Gasteiger partial charge in [0.25, 0.3) is 0 Å². The number of rotatable bonds is 1. The number of nitrogens with zero attached hydrogens (tertiary/aromatic N) is 2. The molecule has 1 saturated heterocycles. The highest BCUT2D eigenvalue weighted by molar-refractivity contribution is 5.68. The second kappa shape index (κ2) is 6.16. The zero-order chi connectivity index (χ0) is 12.8. The fraction of sp³-hybridized carbons (Fsp3) is 0.667. The summed E-state index contributed by atoms with van der Waals surface area (Å²) in [5.41, 5.74) is -0.399. The molecule has 4 nitrogen and oxygen atoms in total. The maximum Gasteiger partial charge on any atom is 0.410 e. The molecule has 0 radical (unpaired) electrons. The second-order valence-electron chi connectivity index (χ2n) is 4.71. The molecule has 1 aliphatic heterocycles. The molecule has 0 aliphatic carbocycles. The quantitative estimate of drug-likeness (QED) is 0.643. The van der Waals surface area contributed by atoms with Crippen LogP contribution in [0.2, 0.25) is 0 Å². The zero-order valence-electron chi connectivity index (χ0n) is 10.3. The van der Waals surface area contributed by atoms with Crippen LogP contribution in [0.4, 0.5) is 4.79 Å². The van der Waals surface area contributed by atoms with Gasteiger partial charge in [-0.3, -0.25) is 0 Å². The first kappa shape index (κ1) is 14.5. The van der Waals surface area contributed by atoms with Gasteiger partial charge in [-0.05, 0) is 33.1 Å². The first-order valence-electron chi connectivity index (χ1n) is 5.28. The van der Waals surface area contributed by atoms with Gasteiger partial charge in [0.1, 0.15) is 5.60 Å². The molecule has 1 amide bonds. The third kappa shape index (κ3) is 4.83. The van der Waals surface area contributed by atoms with Crippen LogP contribution in [0.3, 0.4) is 0 Å². The van der Waals surface area contributed by atoms with E-state index in [9.17, 15) is 4.79 Å². The number of nitriles is 1. The van der Waals surface area contributed by atoms with Crippen LogP contribution in [0.15, 0.2) is 12.7 Å². The van der Waals surface area contributed by atoms with E-state index in [1.54, 1.807) is 4.90 Å². The molecule has 1 fully saturated rings. The largest absolute Gasteiger partial charge is 0.444 e. The number of hydrogen-bond acceptors (Lipinski definition) is 3. The number of carbonyl (C=O) groups excluding carboxylic acids is 1. The van der Waals surface area contributed by atoms with Crippen LogP contribution in [0.25, 0.3) is 0 Å². The molecular weight excluding hydrogens is 204 g/mol.